The van der Waals surface area contributed by atoms with E-state index in [0.29, 0.717) is 10.8 Å². The van der Waals surface area contributed by atoms with Crippen LogP contribution in [0, 0.1) is 0 Å². The first-order valence-electron chi connectivity index (χ1n) is 3.77. The molecule has 0 aliphatic heterocycles. The van der Waals surface area contributed by atoms with Crippen LogP contribution in [0.2, 0.25) is 5.15 Å². The minimum atomic E-state index is -0.176. The second-order valence-electron chi connectivity index (χ2n) is 2.36. The van der Waals surface area contributed by atoms with Gasteiger partial charge in [0.1, 0.15) is 5.15 Å². The number of pyridine rings is 1. The van der Waals surface area contributed by atoms with E-state index < -0.39 is 0 Å². The van der Waals surface area contributed by atoms with E-state index >= 15 is 0 Å². The molecule has 4 heteroatoms. The molecule has 1 amide bonds. The molecule has 1 aromatic heterocycles. The van der Waals surface area contributed by atoms with E-state index in [-0.39, 0.29) is 5.91 Å². The van der Waals surface area contributed by atoms with Gasteiger partial charge in [-0.1, -0.05) is 17.7 Å². The number of hydrogen-bond acceptors (Lipinski definition) is 2. The van der Waals surface area contributed by atoms with Crippen LogP contribution >= 0.6 is 11.6 Å². The summed E-state index contributed by atoms with van der Waals surface area (Å²) >= 11 is 5.62. The monoisotopic (exact) mass is 196 g/mol. The lowest BCUT2D eigenvalue weighted by atomic mass is 10.4. The molecular weight excluding hydrogens is 188 g/mol. The van der Waals surface area contributed by atoms with Gasteiger partial charge in [-0.2, -0.15) is 0 Å². The van der Waals surface area contributed by atoms with Crippen LogP contribution in [-0.4, -0.2) is 10.9 Å². The maximum absolute atomic E-state index is 11.1. The Kier molecular flexibility index (Phi) is 3.46. The molecule has 1 aromatic rings. The van der Waals surface area contributed by atoms with Crippen molar-refractivity contribution in [3.8, 4) is 0 Å². The zero-order valence-electron chi connectivity index (χ0n) is 7.12. The molecule has 0 aromatic carbocycles. The molecule has 0 fully saturated rings. The summed E-state index contributed by atoms with van der Waals surface area (Å²) in [5, 5.41) is 2.99. The number of aromatic nitrogens is 1. The van der Waals surface area contributed by atoms with Crippen molar-refractivity contribution >= 4 is 23.2 Å². The molecule has 3 nitrogen and oxygen atoms in total. The third kappa shape index (κ3) is 3.25. The maximum atomic E-state index is 11.1. The Balaban J connectivity index is 2.69. The summed E-state index contributed by atoms with van der Waals surface area (Å²) in [7, 11) is 0. The highest BCUT2D eigenvalue weighted by Gasteiger charge is 1.97. The standard InChI is InChI=1S/C9H9ClN2O/c1-2-3-9(13)12-7-4-5-11-8(10)6-7/h2-6H,1H3,(H,11,12,13)/b3-2+. The quantitative estimate of drug-likeness (QED) is 0.582. The number of rotatable bonds is 2. The highest BCUT2D eigenvalue weighted by Crippen LogP contribution is 2.11. The Labute approximate surface area is 81.4 Å². The van der Waals surface area contributed by atoms with E-state index in [1.165, 1.54) is 12.3 Å². The fourth-order valence-electron chi connectivity index (χ4n) is 0.816. The molecule has 0 saturated heterocycles. The molecule has 1 rings (SSSR count). The molecule has 0 aliphatic carbocycles. The largest absolute Gasteiger partial charge is 0.322 e. The SMILES string of the molecule is C/C=C/C(=O)Nc1ccnc(Cl)c1. The molecule has 0 unspecified atom stereocenters. The van der Waals surface area contributed by atoms with E-state index in [2.05, 4.69) is 10.3 Å². The minimum absolute atomic E-state index is 0.176. The Morgan fingerprint density at radius 2 is 2.46 bits per heavy atom. The first kappa shape index (κ1) is 9.74. The molecule has 13 heavy (non-hydrogen) atoms. The Hall–Kier alpha value is -1.35. The van der Waals surface area contributed by atoms with Crippen LogP contribution in [0.4, 0.5) is 5.69 Å². The highest BCUT2D eigenvalue weighted by atomic mass is 35.5. The van der Waals surface area contributed by atoms with Gasteiger partial charge >= 0.3 is 0 Å². The van der Waals surface area contributed by atoms with E-state index in [4.69, 9.17) is 11.6 Å². The topological polar surface area (TPSA) is 42.0 Å². The fourth-order valence-corrected chi connectivity index (χ4v) is 0.989. The molecule has 0 saturated carbocycles. The lowest BCUT2D eigenvalue weighted by Gasteiger charge is -2.00. The number of nitrogens with zero attached hydrogens (tertiary/aromatic N) is 1. The summed E-state index contributed by atoms with van der Waals surface area (Å²) in [6, 6.07) is 3.26. The highest BCUT2D eigenvalue weighted by molar-refractivity contribution is 6.29. The van der Waals surface area contributed by atoms with Crippen molar-refractivity contribution in [1.29, 1.82) is 0 Å². The fraction of sp³-hybridized carbons (Fsp3) is 0.111. The van der Waals surface area contributed by atoms with E-state index in [1.54, 1.807) is 25.1 Å². The molecular formula is C9H9ClN2O. The second kappa shape index (κ2) is 4.62. The lowest BCUT2D eigenvalue weighted by molar-refractivity contribution is -0.111. The van der Waals surface area contributed by atoms with Crippen molar-refractivity contribution in [1.82, 2.24) is 4.98 Å². The number of hydrogen-bond donors (Lipinski definition) is 1. The first-order chi connectivity index (χ1) is 6.22. The van der Waals surface area contributed by atoms with Gasteiger partial charge in [0.2, 0.25) is 5.91 Å². The zero-order chi connectivity index (χ0) is 9.68. The smallest absolute Gasteiger partial charge is 0.248 e. The summed E-state index contributed by atoms with van der Waals surface area (Å²) < 4.78 is 0. The number of allylic oxidation sites excluding steroid dienone is 1. The van der Waals surface area contributed by atoms with Gasteiger partial charge in [-0.05, 0) is 25.1 Å². The number of nitrogens with one attached hydrogen (secondary N) is 1. The Morgan fingerprint density at radius 1 is 1.69 bits per heavy atom. The van der Waals surface area contributed by atoms with Crippen LogP contribution in [0.3, 0.4) is 0 Å². The zero-order valence-corrected chi connectivity index (χ0v) is 7.88. The molecule has 68 valence electrons. The lowest BCUT2D eigenvalue weighted by Crippen LogP contribution is -2.07. The van der Waals surface area contributed by atoms with Crippen LogP contribution in [0.1, 0.15) is 6.92 Å². The number of carbonyl (C=O) groups excluding carboxylic acids is 1. The van der Waals surface area contributed by atoms with Crippen LogP contribution in [0.25, 0.3) is 0 Å². The number of anilines is 1. The van der Waals surface area contributed by atoms with Gasteiger partial charge in [0.05, 0.1) is 0 Å². The molecule has 0 atom stereocenters. The minimum Gasteiger partial charge on any atom is -0.322 e. The summed E-state index contributed by atoms with van der Waals surface area (Å²) in [4.78, 5) is 14.9. The third-order valence-electron chi connectivity index (χ3n) is 1.31. The van der Waals surface area contributed by atoms with Gasteiger partial charge in [0.25, 0.3) is 0 Å². The summed E-state index contributed by atoms with van der Waals surface area (Å²) in [6.07, 6.45) is 4.64. The first-order valence-corrected chi connectivity index (χ1v) is 4.15. The van der Waals surface area contributed by atoms with Crippen LogP contribution in [0.5, 0.6) is 0 Å². The van der Waals surface area contributed by atoms with Crippen LogP contribution in [0.15, 0.2) is 30.5 Å². The molecule has 0 radical (unpaired) electrons. The van der Waals surface area contributed by atoms with Crippen molar-refractivity contribution in [3.63, 3.8) is 0 Å². The van der Waals surface area contributed by atoms with Gasteiger partial charge in [-0.25, -0.2) is 4.98 Å². The van der Waals surface area contributed by atoms with Gasteiger partial charge in [0.15, 0.2) is 0 Å². The van der Waals surface area contributed by atoms with E-state index in [9.17, 15) is 4.79 Å². The van der Waals surface area contributed by atoms with Crippen molar-refractivity contribution in [2.24, 2.45) is 0 Å². The third-order valence-corrected chi connectivity index (χ3v) is 1.52. The van der Waals surface area contributed by atoms with E-state index in [1.807, 2.05) is 0 Å². The van der Waals surface area contributed by atoms with Gasteiger partial charge in [-0.15, -0.1) is 0 Å². The normalized spacial score (nSPS) is 10.3. The molecule has 0 spiro atoms. The molecule has 1 N–H and O–H groups in total. The summed E-state index contributed by atoms with van der Waals surface area (Å²) in [5.74, 6) is -0.176. The molecule has 1 heterocycles. The average Bonchev–Trinajstić information content (AvgIpc) is 2.04. The maximum Gasteiger partial charge on any atom is 0.248 e. The number of carbonyl (C=O) groups is 1. The van der Waals surface area contributed by atoms with Crippen molar-refractivity contribution in [2.45, 2.75) is 6.92 Å². The van der Waals surface area contributed by atoms with Crippen LogP contribution < -0.4 is 5.32 Å². The van der Waals surface area contributed by atoms with Crippen molar-refractivity contribution in [2.75, 3.05) is 5.32 Å². The average molecular weight is 197 g/mol. The predicted octanol–water partition coefficient (Wildman–Crippen LogP) is 2.25. The Morgan fingerprint density at radius 3 is 3.08 bits per heavy atom. The van der Waals surface area contributed by atoms with Gasteiger partial charge in [0, 0.05) is 11.9 Å². The predicted molar refractivity (Wildman–Crippen MR) is 52.7 cm³/mol. The second-order valence-corrected chi connectivity index (χ2v) is 2.74. The molecule has 0 aliphatic rings. The van der Waals surface area contributed by atoms with Crippen LogP contribution in [-0.2, 0) is 4.79 Å². The molecule has 0 bridgehead atoms. The summed E-state index contributed by atoms with van der Waals surface area (Å²) in [6.45, 7) is 1.78. The van der Waals surface area contributed by atoms with Gasteiger partial charge < -0.3 is 5.32 Å². The van der Waals surface area contributed by atoms with Crippen molar-refractivity contribution in [3.05, 3.63) is 35.6 Å². The van der Waals surface area contributed by atoms with Crippen molar-refractivity contribution < 1.29 is 4.79 Å². The summed E-state index contributed by atoms with van der Waals surface area (Å²) in [5.41, 5.74) is 0.642. The van der Waals surface area contributed by atoms with Gasteiger partial charge in [-0.3, -0.25) is 4.79 Å². The van der Waals surface area contributed by atoms with E-state index in [0.717, 1.165) is 0 Å². The Bertz CT molecular complexity index is 336. The number of halogens is 1. The number of amides is 1.